The van der Waals surface area contributed by atoms with E-state index in [0.29, 0.717) is 23.5 Å². The molecule has 0 aromatic heterocycles. The molecule has 0 amide bonds. The third-order valence-corrected chi connectivity index (χ3v) is 5.34. The fourth-order valence-corrected chi connectivity index (χ4v) is 4.59. The molecule has 1 fully saturated rings. The minimum atomic E-state index is 0.259. The molecule has 19 heavy (non-hydrogen) atoms. The SMILES string of the molecule is CCC1(CC)C(NC(C)C)CCCC1(C)NC(C)C. The van der Waals surface area contributed by atoms with E-state index < -0.39 is 0 Å². The molecular formula is C17H36N2. The topological polar surface area (TPSA) is 24.1 Å². The smallest absolute Gasteiger partial charge is 0.0226 e. The van der Waals surface area contributed by atoms with E-state index in [-0.39, 0.29) is 5.54 Å². The summed E-state index contributed by atoms with van der Waals surface area (Å²) in [6, 6.07) is 1.77. The van der Waals surface area contributed by atoms with Crippen LogP contribution in [0.5, 0.6) is 0 Å². The Bertz CT molecular complexity index is 268. The zero-order chi connectivity index (χ0) is 14.7. The molecule has 0 saturated heterocycles. The lowest BCUT2D eigenvalue weighted by Crippen LogP contribution is -2.67. The Balaban J connectivity index is 3.07. The molecule has 1 aliphatic carbocycles. The maximum atomic E-state index is 3.91. The van der Waals surface area contributed by atoms with Gasteiger partial charge in [0.25, 0.3) is 0 Å². The van der Waals surface area contributed by atoms with E-state index in [1.165, 1.54) is 32.1 Å². The van der Waals surface area contributed by atoms with Gasteiger partial charge in [0.2, 0.25) is 0 Å². The zero-order valence-corrected chi connectivity index (χ0v) is 14.3. The van der Waals surface area contributed by atoms with Crippen molar-refractivity contribution in [3.8, 4) is 0 Å². The molecule has 114 valence electrons. The number of nitrogens with one attached hydrogen (secondary N) is 2. The van der Waals surface area contributed by atoms with Crippen molar-refractivity contribution in [2.45, 2.75) is 104 Å². The van der Waals surface area contributed by atoms with Crippen LogP contribution >= 0.6 is 0 Å². The minimum absolute atomic E-state index is 0.259. The van der Waals surface area contributed by atoms with Crippen molar-refractivity contribution in [1.82, 2.24) is 10.6 Å². The first-order valence-corrected chi connectivity index (χ1v) is 8.35. The van der Waals surface area contributed by atoms with E-state index in [2.05, 4.69) is 59.1 Å². The van der Waals surface area contributed by atoms with Gasteiger partial charge in [0, 0.05) is 29.1 Å². The van der Waals surface area contributed by atoms with Gasteiger partial charge in [-0.2, -0.15) is 0 Å². The molecule has 0 bridgehead atoms. The molecule has 1 rings (SSSR count). The van der Waals surface area contributed by atoms with Crippen LogP contribution in [0, 0.1) is 5.41 Å². The summed E-state index contributed by atoms with van der Waals surface area (Å²) in [6.07, 6.45) is 6.48. The van der Waals surface area contributed by atoms with Crippen LogP contribution < -0.4 is 10.6 Å². The average molecular weight is 268 g/mol. The predicted molar refractivity (Wildman–Crippen MR) is 85.6 cm³/mol. The van der Waals surface area contributed by atoms with Crippen LogP contribution in [0.15, 0.2) is 0 Å². The van der Waals surface area contributed by atoms with Gasteiger partial charge in [-0.05, 0) is 32.6 Å². The third kappa shape index (κ3) is 3.33. The molecule has 0 heterocycles. The molecule has 1 aliphatic rings. The maximum Gasteiger partial charge on any atom is 0.0226 e. The lowest BCUT2D eigenvalue weighted by molar-refractivity contribution is -0.00861. The maximum absolute atomic E-state index is 3.91. The van der Waals surface area contributed by atoms with E-state index in [1.54, 1.807) is 0 Å². The predicted octanol–water partition coefficient (Wildman–Crippen LogP) is 4.10. The highest BCUT2D eigenvalue weighted by atomic mass is 15.1. The van der Waals surface area contributed by atoms with Crippen LogP contribution in [-0.2, 0) is 0 Å². The van der Waals surface area contributed by atoms with Crippen LogP contribution in [0.2, 0.25) is 0 Å². The fraction of sp³-hybridized carbons (Fsp3) is 1.00. The molecule has 0 spiro atoms. The Morgan fingerprint density at radius 3 is 2.05 bits per heavy atom. The van der Waals surface area contributed by atoms with Crippen LogP contribution in [0.1, 0.15) is 80.6 Å². The molecule has 2 heteroatoms. The lowest BCUT2D eigenvalue weighted by atomic mass is 9.56. The Kier molecular flexibility index (Phi) is 5.88. The Morgan fingerprint density at radius 2 is 1.63 bits per heavy atom. The van der Waals surface area contributed by atoms with Gasteiger partial charge in [-0.1, -0.05) is 48.0 Å². The number of rotatable bonds is 6. The number of hydrogen-bond acceptors (Lipinski definition) is 2. The summed E-state index contributed by atoms with van der Waals surface area (Å²) < 4.78 is 0. The van der Waals surface area contributed by atoms with Gasteiger partial charge < -0.3 is 10.6 Å². The van der Waals surface area contributed by atoms with Crippen molar-refractivity contribution >= 4 is 0 Å². The van der Waals surface area contributed by atoms with Crippen LogP contribution in [0.4, 0.5) is 0 Å². The molecule has 2 nitrogen and oxygen atoms in total. The van der Waals surface area contributed by atoms with Gasteiger partial charge in [0.05, 0.1) is 0 Å². The highest BCUT2D eigenvalue weighted by molar-refractivity contribution is 5.10. The normalized spacial score (nSPS) is 31.1. The molecule has 1 saturated carbocycles. The van der Waals surface area contributed by atoms with Crippen molar-refractivity contribution in [2.75, 3.05) is 0 Å². The molecule has 0 aromatic carbocycles. The van der Waals surface area contributed by atoms with Gasteiger partial charge in [0.1, 0.15) is 0 Å². The molecule has 0 radical (unpaired) electrons. The first-order valence-electron chi connectivity index (χ1n) is 8.35. The van der Waals surface area contributed by atoms with Crippen molar-refractivity contribution in [1.29, 1.82) is 0 Å². The molecule has 0 aliphatic heterocycles. The summed E-state index contributed by atoms with van der Waals surface area (Å²) in [6.45, 7) is 16.3. The van der Waals surface area contributed by atoms with Crippen LogP contribution in [0.25, 0.3) is 0 Å². The van der Waals surface area contributed by atoms with E-state index >= 15 is 0 Å². The first-order chi connectivity index (χ1) is 8.81. The van der Waals surface area contributed by atoms with E-state index in [4.69, 9.17) is 0 Å². The summed E-state index contributed by atoms with van der Waals surface area (Å²) >= 11 is 0. The highest BCUT2D eigenvalue weighted by Gasteiger charge is 2.52. The van der Waals surface area contributed by atoms with Gasteiger partial charge in [0.15, 0.2) is 0 Å². The van der Waals surface area contributed by atoms with Crippen molar-refractivity contribution in [3.63, 3.8) is 0 Å². The van der Waals surface area contributed by atoms with Gasteiger partial charge in [-0.3, -0.25) is 0 Å². The minimum Gasteiger partial charge on any atom is -0.311 e. The summed E-state index contributed by atoms with van der Waals surface area (Å²) in [4.78, 5) is 0. The van der Waals surface area contributed by atoms with Crippen LogP contribution in [0.3, 0.4) is 0 Å². The van der Waals surface area contributed by atoms with E-state index in [9.17, 15) is 0 Å². The van der Waals surface area contributed by atoms with Crippen molar-refractivity contribution < 1.29 is 0 Å². The Morgan fingerprint density at radius 1 is 1.05 bits per heavy atom. The molecule has 2 atom stereocenters. The molecular weight excluding hydrogens is 232 g/mol. The lowest BCUT2D eigenvalue weighted by Gasteiger charge is -2.58. The summed E-state index contributed by atoms with van der Waals surface area (Å²) in [7, 11) is 0. The Labute approximate surface area is 121 Å². The largest absolute Gasteiger partial charge is 0.311 e. The number of hydrogen-bond donors (Lipinski definition) is 2. The quantitative estimate of drug-likeness (QED) is 0.758. The monoisotopic (exact) mass is 268 g/mol. The Hall–Kier alpha value is -0.0800. The second-order valence-corrected chi connectivity index (χ2v) is 7.26. The van der Waals surface area contributed by atoms with E-state index in [1.807, 2.05) is 0 Å². The fourth-order valence-electron chi connectivity index (χ4n) is 4.59. The molecule has 2 N–H and O–H groups in total. The molecule has 0 aromatic rings. The molecule has 2 unspecified atom stereocenters. The van der Waals surface area contributed by atoms with Crippen LogP contribution in [-0.4, -0.2) is 23.7 Å². The van der Waals surface area contributed by atoms with Gasteiger partial charge >= 0.3 is 0 Å². The summed E-state index contributed by atoms with van der Waals surface area (Å²) in [5.41, 5.74) is 0.634. The van der Waals surface area contributed by atoms with Gasteiger partial charge in [-0.25, -0.2) is 0 Å². The van der Waals surface area contributed by atoms with Gasteiger partial charge in [-0.15, -0.1) is 0 Å². The third-order valence-electron chi connectivity index (χ3n) is 5.34. The summed E-state index contributed by atoms with van der Waals surface area (Å²) in [5.74, 6) is 0. The van der Waals surface area contributed by atoms with Crippen molar-refractivity contribution in [3.05, 3.63) is 0 Å². The van der Waals surface area contributed by atoms with Crippen molar-refractivity contribution in [2.24, 2.45) is 5.41 Å². The average Bonchev–Trinajstić information content (AvgIpc) is 2.28. The summed E-state index contributed by atoms with van der Waals surface area (Å²) in [5, 5.41) is 7.78. The highest BCUT2D eigenvalue weighted by Crippen LogP contribution is 2.49. The second kappa shape index (κ2) is 6.58. The zero-order valence-electron chi connectivity index (χ0n) is 14.3. The standard InChI is InChI=1S/C17H36N2/c1-8-17(9-2)15(18-13(3)4)11-10-12-16(17,7)19-14(5)6/h13-15,18-19H,8-12H2,1-7H3. The second-order valence-electron chi connectivity index (χ2n) is 7.26. The first kappa shape index (κ1) is 17.0. The van der Waals surface area contributed by atoms with E-state index in [0.717, 1.165) is 0 Å².